The molecule has 2 rings (SSSR count). The quantitative estimate of drug-likeness (QED) is 0.873. The van der Waals surface area contributed by atoms with Crippen LogP contribution >= 0.6 is 11.3 Å². The van der Waals surface area contributed by atoms with Crippen LogP contribution in [0.2, 0.25) is 0 Å². The number of rotatable bonds is 6. The molecule has 1 aromatic rings. The molecular formula is C15H21NO4S. The van der Waals surface area contributed by atoms with Gasteiger partial charge in [-0.3, -0.25) is 9.59 Å². The lowest BCUT2D eigenvalue weighted by Crippen LogP contribution is -2.46. The second kappa shape index (κ2) is 7.56. The molecule has 1 aliphatic heterocycles. The van der Waals surface area contributed by atoms with Crippen molar-refractivity contribution in [3.8, 4) is 0 Å². The van der Waals surface area contributed by atoms with E-state index in [2.05, 4.69) is 19.1 Å². The van der Waals surface area contributed by atoms with Gasteiger partial charge >= 0.3 is 5.97 Å². The molecule has 0 unspecified atom stereocenters. The van der Waals surface area contributed by atoms with Crippen LogP contribution in [-0.2, 0) is 20.7 Å². The summed E-state index contributed by atoms with van der Waals surface area (Å²) in [7, 11) is 0. The molecule has 1 aromatic heterocycles. The van der Waals surface area contributed by atoms with E-state index in [0.717, 1.165) is 12.8 Å². The zero-order valence-corrected chi connectivity index (χ0v) is 13.0. The summed E-state index contributed by atoms with van der Waals surface area (Å²) in [6.07, 6.45) is 1.85. The number of ether oxygens (including phenoxy) is 1. The van der Waals surface area contributed by atoms with Gasteiger partial charge in [-0.05, 0) is 31.9 Å². The van der Waals surface area contributed by atoms with Gasteiger partial charge in [0, 0.05) is 29.3 Å². The van der Waals surface area contributed by atoms with Crippen LogP contribution < -0.4 is 0 Å². The topological polar surface area (TPSA) is 66.8 Å². The van der Waals surface area contributed by atoms with E-state index in [1.54, 1.807) is 16.2 Å². The van der Waals surface area contributed by atoms with Gasteiger partial charge in [-0.25, -0.2) is 0 Å². The van der Waals surface area contributed by atoms with E-state index in [1.807, 2.05) is 0 Å². The Morgan fingerprint density at radius 1 is 1.48 bits per heavy atom. The molecule has 5 nitrogen and oxygen atoms in total. The minimum absolute atomic E-state index is 0.0434. The molecule has 1 saturated heterocycles. The molecule has 1 N–H and O–H groups in total. The lowest BCUT2D eigenvalue weighted by atomic mass is 10.1. The molecule has 0 radical (unpaired) electrons. The maximum Gasteiger partial charge on any atom is 0.306 e. The van der Waals surface area contributed by atoms with Crippen molar-refractivity contribution in [3.63, 3.8) is 0 Å². The summed E-state index contributed by atoms with van der Waals surface area (Å²) in [6, 6.07) is 4.21. The zero-order valence-electron chi connectivity index (χ0n) is 12.2. The van der Waals surface area contributed by atoms with Crippen molar-refractivity contribution < 1.29 is 19.4 Å². The van der Waals surface area contributed by atoms with Crippen LogP contribution in [0.25, 0.3) is 0 Å². The van der Waals surface area contributed by atoms with E-state index in [1.165, 1.54) is 9.75 Å². The Morgan fingerprint density at radius 2 is 2.29 bits per heavy atom. The van der Waals surface area contributed by atoms with E-state index >= 15 is 0 Å². The van der Waals surface area contributed by atoms with E-state index in [9.17, 15) is 9.59 Å². The summed E-state index contributed by atoms with van der Waals surface area (Å²) in [6.45, 7) is 3.46. The number of thiophene rings is 1. The van der Waals surface area contributed by atoms with Crippen LogP contribution in [0.5, 0.6) is 0 Å². The van der Waals surface area contributed by atoms with Crippen molar-refractivity contribution in [2.75, 3.05) is 19.7 Å². The summed E-state index contributed by atoms with van der Waals surface area (Å²) >= 11 is 1.77. The standard InChI is InChI=1S/C15H21NO4S/c1-11-5-6-13(21-11)3-2-4-14(17)16-7-8-20-12(10-16)9-15(18)19/h5-6,12H,2-4,7-10H2,1H3,(H,18,19)/t12-/m0/s1. The molecule has 1 amide bonds. The fraction of sp³-hybridized carbons (Fsp3) is 0.600. The van der Waals surface area contributed by atoms with Gasteiger partial charge in [0.15, 0.2) is 0 Å². The van der Waals surface area contributed by atoms with Crippen LogP contribution in [0.1, 0.15) is 29.0 Å². The fourth-order valence-electron chi connectivity index (χ4n) is 2.46. The first-order valence-corrected chi connectivity index (χ1v) is 8.02. The average Bonchev–Trinajstić information content (AvgIpc) is 2.84. The Balaban J connectivity index is 1.73. The molecule has 0 aliphatic carbocycles. The number of carbonyl (C=O) groups excluding carboxylic acids is 1. The highest BCUT2D eigenvalue weighted by Crippen LogP contribution is 2.18. The zero-order chi connectivity index (χ0) is 15.2. The lowest BCUT2D eigenvalue weighted by molar-refractivity contribution is -0.147. The van der Waals surface area contributed by atoms with Crippen molar-refractivity contribution in [1.82, 2.24) is 4.90 Å². The predicted molar refractivity (Wildman–Crippen MR) is 80.6 cm³/mol. The van der Waals surface area contributed by atoms with Crippen molar-refractivity contribution in [3.05, 3.63) is 21.9 Å². The number of amides is 1. The van der Waals surface area contributed by atoms with Crippen LogP contribution in [0.4, 0.5) is 0 Å². The number of aryl methyl sites for hydroxylation is 2. The first-order valence-electron chi connectivity index (χ1n) is 7.21. The van der Waals surface area contributed by atoms with Crippen molar-refractivity contribution in [2.24, 2.45) is 0 Å². The number of hydrogen-bond donors (Lipinski definition) is 1. The predicted octanol–water partition coefficient (Wildman–Crippen LogP) is 2.08. The molecule has 0 aromatic carbocycles. The van der Waals surface area contributed by atoms with Gasteiger partial charge < -0.3 is 14.7 Å². The molecule has 0 spiro atoms. The Labute approximate surface area is 128 Å². The highest BCUT2D eigenvalue weighted by Gasteiger charge is 2.25. The molecule has 116 valence electrons. The van der Waals surface area contributed by atoms with E-state index in [0.29, 0.717) is 26.1 Å². The Hall–Kier alpha value is -1.40. The maximum absolute atomic E-state index is 12.2. The van der Waals surface area contributed by atoms with Gasteiger partial charge in [-0.2, -0.15) is 0 Å². The highest BCUT2D eigenvalue weighted by molar-refractivity contribution is 7.11. The molecule has 2 heterocycles. The Kier molecular flexibility index (Phi) is 5.76. The number of carboxylic acid groups (broad SMARTS) is 1. The molecule has 1 aliphatic rings. The van der Waals surface area contributed by atoms with Crippen LogP contribution in [-0.4, -0.2) is 47.7 Å². The summed E-state index contributed by atoms with van der Waals surface area (Å²) in [5.41, 5.74) is 0. The van der Waals surface area contributed by atoms with Crippen molar-refractivity contribution in [2.45, 2.75) is 38.7 Å². The second-order valence-corrected chi connectivity index (χ2v) is 6.67. The Morgan fingerprint density at radius 3 is 2.95 bits per heavy atom. The third-order valence-electron chi connectivity index (χ3n) is 3.50. The highest BCUT2D eigenvalue weighted by atomic mass is 32.1. The second-order valence-electron chi connectivity index (χ2n) is 5.30. The molecule has 21 heavy (non-hydrogen) atoms. The molecular weight excluding hydrogens is 290 g/mol. The number of carboxylic acids is 1. The van der Waals surface area contributed by atoms with Crippen molar-refractivity contribution in [1.29, 1.82) is 0 Å². The summed E-state index contributed by atoms with van der Waals surface area (Å²) in [5, 5.41) is 8.78. The van der Waals surface area contributed by atoms with Gasteiger partial charge in [0.05, 0.1) is 19.1 Å². The van der Waals surface area contributed by atoms with Crippen LogP contribution in [0.15, 0.2) is 12.1 Å². The largest absolute Gasteiger partial charge is 0.481 e. The summed E-state index contributed by atoms with van der Waals surface area (Å²) in [4.78, 5) is 27.2. The van der Waals surface area contributed by atoms with Gasteiger partial charge in [0.2, 0.25) is 5.91 Å². The number of morpholine rings is 1. The van der Waals surface area contributed by atoms with Gasteiger partial charge in [0.1, 0.15) is 0 Å². The minimum atomic E-state index is -0.887. The number of hydrogen-bond acceptors (Lipinski definition) is 4. The SMILES string of the molecule is Cc1ccc(CCCC(=O)N2CCO[C@@H](CC(=O)O)C2)s1. The van der Waals surface area contributed by atoms with E-state index < -0.39 is 5.97 Å². The van der Waals surface area contributed by atoms with Crippen molar-refractivity contribution >= 4 is 23.2 Å². The number of aliphatic carboxylic acids is 1. The first-order chi connectivity index (χ1) is 10.0. The average molecular weight is 311 g/mol. The molecule has 0 saturated carbocycles. The smallest absolute Gasteiger partial charge is 0.306 e. The Bertz CT molecular complexity index is 500. The molecule has 1 fully saturated rings. The minimum Gasteiger partial charge on any atom is -0.481 e. The molecule has 1 atom stereocenters. The lowest BCUT2D eigenvalue weighted by Gasteiger charge is -2.32. The first kappa shape index (κ1) is 16.0. The maximum atomic E-state index is 12.2. The normalized spacial score (nSPS) is 18.7. The van der Waals surface area contributed by atoms with Gasteiger partial charge in [-0.15, -0.1) is 11.3 Å². The van der Waals surface area contributed by atoms with E-state index in [-0.39, 0.29) is 18.4 Å². The van der Waals surface area contributed by atoms with Crippen LogP contribution in [0, 0.1) is 6.92 Å². The van der Waals surface area contributed by atoms with E-state index in [4.69, 9.17) is 9.84 Å². The van der Waals surface area contributed by atoms with Gasteiger partial charge in [-0.1, -0.05) is 0 Å². The third kappa shape index (κ3) is 5.13. The third-order valence-corrected chi connectivity index (χ3v) is 4.56. The van der Waals surface area contributed by atoms with Crippen LogP contribution in [0.3, 0.4) is 0 Å². The summed E-state index contributed by atoms with van der Waals surface area (Å²) in [5.74, 6) is -0.788. The summed E-state index contributed by atoms with van der Waals surface area (Å²) < 4.78 is 5.37. The fourth-order valence-corrected chi connectivity index (χ4v) is 3.39. The molecule has 6 heteroatoms. The monoisotopic (exact) mass is 311 g/mol. The molecule has 0 bridgehead atoms. The van der Waals surface area contributed by atoms with Gasteiger partial charge in [0.25, 0.3) is 0 Å². The number of nitrogens with zero attached hydrogens (tertiary/aromatic N) is 1. The number of carbonyl (C=O) groups is 2.